The zero-order valence-corrected chi connectivity index (χ0v) is 16.7. The predicted molar refractivity (Wildman–Crippen MR) is 104 cm³/mol. The van der Waals surface area contributed by atoms with Crippen molar-refractivity contribution in [2.75, 3.05) is 0 Å². The fourth-order valence-electron chi connectivity index (χ4n) is 2.36. The minimum Gasteiger partial charge on any atom is -0.484 e. The Labute approximate surface area is 165 Å². The van der Waals surface area contributed by atoms with Crippen molar-refractivity contribution in [2.24, 2.45) is 12.1 Å². The molecule has 0 bridgehead atoms. The van der Waals surface area contributed by atoms with Crippen molar-refractivity contribution in [1.29, 1.82) is 0 Å². The first-order valence-corrected chi connectivity index (χ1v) is 8.82. The third-order valence-corrected chi connectivity index (χ3v) is 4.65. The second-order valence-corrected chi connectivity index (χ2v) is 6.80. The summed E-state index contributed by atoms with van der Waals surface area (Å²) in [6.45, 7) is 4.02. The Kier molecular flexibility index (Phi) is 5.45. The first kappa shape index (κ1) is 18.6. The molecule has 7 nitrogen and oxygen atoms in total. The van der Waals surface area contributed by atoms with Crippen LogP contribution >= 0.6 is 35.4 Å². The van der Waals surface area contributed by atoms with Crippen molar-refractivity contribution in [3.8, 4) is 5.75 Å². The molecule has 1 aromatic carbocycles. The topological polar surface area (TPSA) is 73.0 Å². The minimum atomic E-state index is 0.121. The van der Waals surface area contributed by atoms with E-state index in [9.17, 15) is 0 Å². The maximum Gasteiger partial charge on any atom is 0.216 e. The maximum atomic E-state index is 6.11. The van der Waals surface area contributed by atoms with Gasteiger partial charge >= 0.3 is 0 Å². The lowest BCUT2D eigenvalue weighted by Crippen LogP contribution is -2.05. The summed E-state index contributed by atoms with van der Waals surface area (Å²) in [6.07, 6.45) is 1.71. The first-order valence-electron chi connectivity index (χ1n) is 7.65. The van der Waals surface area contributed by atoms with E-state index in [4.69, 9.17) is 40.2 Å². The molecule has 26 heavy (non-hydrogen) atoms. The van der Waals surface area contributed by atoms with Gasteiger partial charge in [-0.1, -0.05) is 23.2 Å². The van der Waals surface area contributed by atoms with Gasteiger partial charge in [0.1, 0.15) is 12.4 Å². The fourth-order valence-corrected chi connectivity index (χ4v) is 2.89. The zero-order chi connectivity index (χ0) is 18.8. The normalized spacial score (nSPS) is 11.4. The Hall–Kier alpha value is -2.16. The molecule has 0 amide bonds. The van der Waals surface area contributed by atoms with Gasteiger partial charge < -0.3 is 4.74 Å². The highest BCUT2D eigenvalue weighted by molar-refractivity contribution is 7.71. The summed E-state index contributed by atoms with van der Waals surface area (Å²) in [7, 11) is 1.89. The van der Waals surface area contributed by atoms with Crippen molar-refractivity contribution in [3.63, 3.8) is 0 Å². The summed E-state index contributed by atoms with van der Waals surface area (Å²) in [6, 6.07) is 5.00. The molecule has 0 aliphatic heterocycles. The van der Waals surface area contributed by atoms with Crippen LogP contribution in [-0.4, -0.2) is 30.9 Å². The van der Waals surface area contributed by atoms with Crippen LogP contribution in [0, 0.1) is 18.6 Å². The number of aryl methyl sites for hydroxylation is 2. The Morgan fingerprint density at radius 3 is 2.81 bits per heavy atom. The van der Waals surface area contributed by atoms with Crippen LogP contribution in [0.15, 0.2) is 23.3 Å². The second kappa shape index (κ2) is 7.61. The van der Waals surface area contributed by atoms with Gasteiger partial charge in [0.15, 0.2) is 5.82 Å². The molecule has 0 fully saturated rings. The lowest BCUT2D eigenvalue weighted by atomic mass is 10.2. The third kappa shape index (κ3) is 3.82. The van der Waals surface area contributed by atoms with Gasteiger partial charge in [-0.25, -0.2) is 5.10 Å². The van der Waals surface area contributed by atoms with Gasteiger partial charge in [-0.2, -0.15) is 20.0 Å². The first-order chi connectivity index (χ1) is 12.4. The molecule has 0 aliphatic rings. The van der Waals surface area contributed by atoms with E-state index in [0.717, 1.165) is 17.0 Å². The highest BCUT2D eigenvalue weighted by Crippen LogP contribution is 2.28. The van der Waals surface area contributed by atoms with Crippen LogP contribution in [0.1, 0.15) is 22.8 Å². The van der Waals surface area contributed by atoms with Gasteiger partial charge in [0, 0.05) is 29.4 Å². The van der Waals surface area contributed by atoms with Crippen molar-refractivity contribution in [2.45, 2.75) is 20.5 Å². The highest BCUT2D eigenvalue weighted by Gasteiger charge is 2.10. The molecule has 2 heterocycles. The summed E-state index contributed by atoms with van der Waals surface area (Å²) in [5.41, 5.74) is 2.82. The highest BCUT2D eigenvalue weighted by atomic mass is 35.5. The third-order valence-electron chi connectivity index (χ3n) is 3.83. The molecule has 0 aliphatic carbocycles. The largest absolute Gasteiger partial charge is 0.484 e. The Balaban J connectivity index is 1.84. The van der Waals surface area contributed by atoms with Gasteiger partial charge in [0.2, 0.25) is 4.77 Å². The maximum absolute atomic E-state index is 6.11. The average Bonchev–Trinajstić information content (AvgIpc) is 3.06. The summed E-state index contributed by atoms with van der Waals surface area (Å²) in [4.78, 5) is 0. The number of halogens is 2. The predicted octanol–water partition coefficient (Wildman–Crippen LogP) is 4.06. The standard InChI is InChI=1S/C16H16Cl2N6OS/c1-9-12(10(2)23(3)22-9)7-19-24-15(20-21-16(24)26)8-25-14-6-11(17)4-5-13(14)18/h4-7H,8H2,1-3H3,(H,21,26)/b19-7-. The molecular weight excluding hydrogens is 395 g/mol. The van der Waals surface area contributed by atoms with Gasteiger partial charge in [0.25, 0.3) is 0 Å². The van der Waals surface area contributed by atoms with Crippen LogP contribution in [0.2, 0.25) is 10.0 Å². The Morgan fingerprint density at radius 1 is 1.35 bits per heavy atom. The van der Waals surface area contributed by atoms with E-state index in [2.05, 4.69) is 20.4 Å². The number of nitrogens with zero attached hydrogens (tertiary/aromatic N) is 5. The van der Waals surface area contributed by atoms with E-state index in [0.29, 0.717) is 26.4 Å². The fraction of sp³-hybridized carbons (Fsp3) is 0.250. The van der Waals surface area contributed by atoms with E-state index in [1.165, 1.54) is 4.68 Å². The molecule has 1 N–H and O–H groups in total. The van der Waals surface area contributed by atoms with Gasteiger partial charge in [0.05, 0.1) is 16.9 Å². The number of aromatic amines is 1. The quantitative estimate of drug-likeness (QED) is 0.508. The van der Waals surface area contributed by atoms with E-state index in [1.807, 2.05) is 20.9 Å². The van der Waals surface area contributed by atoms with Crippen molar-refractivity contribution < 1.29 is 4.74 Å². The number of hydrogen-bond donors (Lipinski definition) is 1. The molecule has 0 spiro atoms. The summed E-state index contributed by atoms with van der Waals surface area (Å²) >= 11 is 17.3. The molecule has 3 aromatic rings. The minimum absolute atomic E-state index is 0.121. The van der Waals surface area contributed by atoms with Crippen molar-refractivity contribution in [1.82, 2.24) is 24.7 Å². The molecule has 10 heteroatoms. The molecule has 0 atom stereocenters. The van der Waals surface area contributed by atoms with E-state index >= 15 is 0 Å². The molecule has 0 unspecified atom stereocenters. The number of aromatic nitrogens is 5. The lowest BCUT2D eigenvalue weighted by molar-refractivity contribution is 0.291. The zero-order valence-electron chi connectivity index (χ0n) is 14.3. The monoisotopic (exact) mass is 410 g/mol. The van der Waals surface area contributed by atoms with Crippen LogP contribution in [0.3, 0.4) is 0 Å². The van der Waals surface area contributed by atoms with Gasteiger partial charge in [-0.15, -0.1) is 0 Å². The van der Waals surface area contributed by atoms with Gasteiger partial charge in [-0.05, 0) is 38.2 Å². The molecule has 2 aromatic heterocycles. The average molecular weight is 411 g/mol. The van der Waals surface area contributed by atoms with Crippen molar-refractivity contribution in [3.05, 3.63) is 55.8 Å². The number of ether oxygens (including phenoxy) is 1. The number of rotatable bonds is 5. The van der Waals surface area contributed by atoms with E-state index < -0.39 is 0 Å². The van der Waals surface area contributed by atoms with Crippen molar-refractivity contribution >= 4 is 41.6 Å². The number of H-pyrrole nitrogens is 1. The van der Waals surface area contributed by atoms with Gasteiger partial charge in [-0.3, -0.25) is 4.68 Å². The Morgan fingerprint density at radius 2 is 2.12 bits per heavy atom. The van der Waals surface area contributed by atoms with E-state index in [1.54, 1.807) is 29.1 Å². The molecule has 3 rings (SSSR count). The molecule has 136 valence electrons. The lowest BCUT2D eigenvalue weighted by Gasteiger charge is -2.07. The smallest absolute Gasteiger partial charge is 0.216 e. The van der Waals surface area contributed by atoms with E-state index in [-0.39, 0.29) is 6.61 Å². The SMILES string of the molecule is Cc1nn(C)c(C)c1/C=N\n1c(COc2cc(Cl)ccc2Cl)n[nH]c1=S. The molecule has 0 saturated heterocycles. The van der Waals surface area contributed by atoms with Crippen LogP contribution < -0.4 is 4.74 Å². The second-order valence-electron chi connectivity index (χ2n) is 5.57. The van der Waals surface area contributed by atoms with Crippen LogP contribution in [0.4, 0.5) is 0 Å². The number of hydrogen-bond acceptors (Lipinski definition) is 5. The Bertz CT molecular complexity index is 1040. The molecular formula is C16H16Cl2N6OS. The van der Waals surface area contributed by atoms with Crippen LogP contribution in [0.25, 0.3) is 0 Å². The molecule has 0 saturated carbocycles. The summed E-state index contributed by atoms with van der Waals surface area (Å²) in [5.74, 6) is 0.962. The number of benzene rings is 1. The number of nitrogens with one attached hydrogen (secondary N) is 1. The van der Waals surface area contributed by atoms with Crippen LogP contribution in [0.5, 0.6) is 5.75 Å². The molecule has 0 radical (unpaired) electrons. The summed E-state index contributed by atoms with van der Waals surface area (Å²) < 4.78 is 9.36. The van der Waals surface area contributed by atoms with Crippen LogP contribution in [-0.2, 0) is 13.7 Å². The summed E-state index contributed by atoms with van der Waals surface area (Å²) in [5, 5.41) is 16.6.